The van der Waals surface area contributed by atoms with Crippen LogP contribution in [0.3, 0.4) is 0 Å². The number of hydrogen-bond acceptors (Lipinski definition) is 2. The van der Waals surface area contributed by atoms with Crippen LogP contribution in [0.4, 0.5) is 0 Å². The molecular formula is C4H11NOS. The van der Waals surface area contributed by atoms with Crippen LogP contribution >= 0.6 is 0 Å². The molecule has 44 valence electrons. The molecule has 0 radical (unpaired) electrons. The Morgan fingerprint density at radius 2 is 2.29 bits per heavy atom. The lowest BCUT2D eigenvalue weighted by Crippen LogP contribution is -2.17. The maximum Gasteiger partial charge on any atom is 0.0719 e. The van der Waals surface area contributed by atoms with Crippen molar-refractivity contribution in [3.05, 3.63) is 0 Å². The molecule has 0 saturated heterocycles. The molecular weight excluding hydrogens is 110 g/mol. The van der Waals surface area contributed by atoms with Gasteiger partial charge in [0.1, 0.15) is 0 Å². The molecule has 0 aliphatic carbocycles. The predicted octanol–water partition coefficient (Wildman–Crippen LogP) is -0.0681. The highest BCUT2D eigenvalue weighted by Gasteiger charge is 1.82. The highest BCUT2D eigenvalue weighted by atomic mass is 32.2. The summed E-state index contributed by atoms with van der Waals surface area (Å²) < 4.78 is 10.3. The number of hydrogen-bond donors (Lipinski definition) is 1. The van der Waals surface area contributed by atoms with Gasteiger partial charge in [-0.05, 0) is 6.54 Å². The smallest absolute Gasteiger partial charge is 0.0719 e. The number of rotatable bonds is 3. The zero-order valence-corrected chi connectivity index (χ0v) is 5.55. The fourth-order valence-electron chi connectivity index (χ4n) is 0.246. The minimum atomic E-state index is -0.677. The Kier molecular flexibility index (Phi) is 4.34. The van der Waals surface area contributed by atoms with Gasteiger partial charge < -0.3 is 5.32 Å². The Bertz CT molecular complexity index is 64.7. The molecule has 0 aliphatic rings. The van der Waals surface area contributed by atoms with E-state index < -0.39 is 10.8 Å². The number of nitrogens with one attached hydrogen (secondary N) is 1. The minimum Gasteiger partial charge on any atom is -0.306 e. The maximum absolute atomic E-state index is 10.3. The second-order valence-electron chi connectivity index (χ2n) is 1.32. The Labute approximate surface area is 46.8 Å². The van der Waals surface area contributed by atoms with E-state index in [0.717, 1.165) is 6.54 Å². The van der Waals surface area contributed by atoms with Gasteiger partial charge in [0, 0.05) is 17.1 Å². The van der Waals surface area contributed by atoms with Gasteiger partial charge in [0.15, 0.2) is 0 Å². The quantitative estimate of drug-likeness (QED) is 0.566. The van der Waals surface area contributed by atoms with Crippen molar-refractivity contribution < 1.29 is 4.21 Å². The van der Waals surface area contributed by atoms with Crippen molar-refractivity contribution in [2.24, 2.45) is 0 Å². The van der Waals surface area contributed by atoms with Crippen molar-refractivity contribution in [2.45, 2.75) is 6.92 Å². The Hall–Kier alpha value is 0.110. The van der Waals surface area contributed by atoms with Crippen LogP contribution in [0.1, 0.15) is 6.92 Å². The first-order valence-electron chi connectivity index (χ1n) is 2.28. The second-order valence-corrected chi connectivity index (χ2v) is 2.76. The van der Waals surface area contributed by atoms with Crippen molar-refractivity contribution in [2.75, 3.05) is 18.7 Å². The molecule has 0 spiro atoms. The average Bonchev–Trinajstić information content (AvgIpc) is 1.61. The molecule has 0 aromatic rings. The average molecular weight is 121 g/mol. The zero-order valence-electron chi connectivity index (χ0n) is 4.73. The van der Waals surface area contributed by atoms with Crippen LogP contribution in [0.15, 0.2) is 0 Å². The molecule has 0 amide bonds. The van der Waals surface area contributed by atoms with Gasteiger partial charge in [0.2, 0.25) is 0 Å². The van der Waals surface area contributed by atoms with Gasteiger partial charge in [-0.2, -0.15) is 0 Å². The fraction of sp³-hybridized carbons (Fsp3) is 1.00. The van der Waals surface area contributed by atoms with Crippen LogP contribution in [-0.2, 0) is 10.8 Å². The largest absolute Gasteiger partial charge is 0.306 e. The predicted molar refractivity (Wildman–Crippen MR) is 32.6 cm³/mol. The molecule has 0 bridgehead atoms. The van der Waals surface area contributed by atoms with Gasteiger partial charge in [-0.25, -0.2) is 0 Å². The lowest BCUT2D eigenvalue weighted by molar-refractivity contribution is 0.679. The molecule has 1 N–H and O–H groups in total. The molecule has 2 nitrogen and oxygen atoms in total. The van der Waals surface area contributed by atoms with Gasteiger partial charge in [0.25, 0.3) is 0 Å². The standard InChI is InChI=1S/C4H11NOS/c1-3-5-4-7(2)6/h5H,3-4H2,1-2H3. The van der Waals surface area contributed by atoms with Gasteiger partial charge in [-0.15, -0.1) is 0 Å². The SMILES string of the molecule is CCNCS(C)=O. The normalized spacial score (nSPS) is 14.0. The van der Waals surface area contributed by atoms with E-state index in [1.807, 2.05) is 6.92 Å². The molecule has 1 atom stereocenters. The van der Waals surface area contributed by atoms with Crippen LogP contribution in [0.2, 0.25) is 0 Å². The summed E-state index contributed by atoms with van der Waals surface area (Å²) in [5.74, 6) is 0.622. The highest BCUT2D eigenvalue weighted by Crippen LogP contribution is 1.64. The van der Waals surface area contributed by atoms with Crippen molar-refractivity contribution in [1.29, 1.82) is 0 Å². The molecule has 0 aromatic carbocycles. The van der Waals surface area contributed by atoms with E-state index in [9.17, 15) is 4.21 Å². The lowest BCUT2D eigenvalue weighted by Gasteiger charge is -1.92. The second kappa shape index (κ2) is 4.27. The molecule has 0 aliphatic heterocycles. The van der Waals surface area contributed by atoms with Crippen molar-refractivity contribution in [3.63, 3.8) is 0 Å². The lowest BCUT2D eigenvalue weighted by atomic mass is 10.8. The summed E-state index contributed by atoms with van der Waals surface area (Å²) in [4.78, 5) is 0. The van der Waals surface area contributed by atoms with E-state index in [1.165, 1.54) is 0 Å². The molecule has 7 heavy (non-hydrogen) atoms. The van der Waals surface area contributed by atoms with Crippen LogP contribution in [-0.4, -0.2) is 22.9 Å². The Morgan fingerprint density at radius 1 is 1.71 bits per heavy atom. The Morgan fingerprint density at radius 3 is 2.43 bits per heavy atom. The van der Waals surface area contributed by atoms with Crippen molar-refractivity contribution >= 4 is 10.8 Å². The summed E-state index contributed by atoms with van der Waals surface area (Å²) in [6.45, 7) is 2.90. The third-order valence-electron chi connectivity index (χ3n) is 0.555. The Balaban J connectivity index is 2.82. The fourth-order valence-corrected chi connectivity index (χ4v) is 0.737. The van der Waals surface area contributed by atoms with E-state index in [-0.39, 0.29) is 0 Å². The van der Waals surface area contributed by atoms with E-state index in [1.54, 1.807) is 6.26 Å². The third kappa shape index (κ3) is 6.11. The molecule has 3 heteroatoms. The third-order valence-corrected chi connectivity index (χ3v) is 1.17. The maximum atomic E-state index is 10.3. The highest BCUT2D eigenvalue weighted by molar-refractivity contribution is 7.84. The van der Waals surface area contributed by atoms with Gasteiger partial charge in [-0.1, -0.05) is 6.92 Å². The first kappa shape index (κ1) is 7.11. The van der Waals surface area contributed by atoms with Gasteiger partial charge in [-0.3, -0.25) is 4.21 Å². The molecule has 0 aromatic heterocycles. The van der Waals surface area contributed by atoms with Crippen molar-refractivity contribution in [3.8, 4) is 0 Å². The van der Waals surface area contributed by atoms with E-state index in [4.69, 9.17) is 0 Å². The first-order chi connectivity index (χ1) is 3.27. The monoisotopic (exact) mass is 121 g/mol. The van der Waals surface area contributed by atoms with Crippen LogP contribution in [0.25, 0.3) is 0 Å². The van der Waals surface area contributed by atoms with E-state index in [0.29, 0.717) is 5.88 Å². The first-order valence-corrected chi connectivity index (χ1v) is 4.00. The van der Waals surface area contributed by atoms with Gasteiger partial charge >= 0.3 is 0 Å². The summed E-state index contributed by atoms with van der Waals surface area (Å²) in [5, 5.41) is 2.95. The molecule has 0 heterocycles. The molecule has 0 fully saturated rings. The summed E-state index contributed by atoms with van der Waals surface area (Å²) in [7, 11) is -0.677. The van der Waals surface area contributed by atoms with Crippen LogP contribution < -0.4 is 5.32 Å². The zero-order chi connectivity index (χ0) is 5.70. The minimum absolute atomic E-state index is 0.622. The molecule has 0 saturated carbocycles. The molecule has 1 unspecified atom stereocenters. The van der Waals surface area contributed by atoms with Crippen molar-refractivity contribution in [1.82, 2.24) is 5.32 Å². The van der Waals surface area contributed by atoms with E-state index >= 15 is 0 Å². The summed E-state index contributed by atoms with van der Waals surface area (Å²) in [5.41, 5.74) is 0. The van der Waals surface area contributed by atoms with E-state index in [2.05, 4.69) is 5.32 Å². The summed E-state index contributed by atoms with van der Waals surface area (Å²) in [6.07, 6.45) is 1.68. The topological polar surface area (TPSA) is 29.1 Å². The summed E-state index contributed by atoms with van der Waals surface area (Å²) >= 11 is 0. The van der Waals surface area contributed by atoms with Crippen LogP contribution in [0, 0.1) is 0 Å². The van der Waals surface area contributed by atoms with Gasteiger partial charge in [0.05, 0.1) is 5.88 Å². The molecule has 0 rings (SSSR count). The summed E-state index contributed by atoms with van der Waals surface area (Å²) in [6, 6.07) is 0. The van der Waals surface area contributed by atoms with Crippen LogP contribution in [0.5, 0.6) is 0 Å².